The summed E-state index contributed by atoms with van der Waals surface area (Å²) in [6, 6.07) is 18.2. The number of aromatic nitrogens is 6. The first-order chi connectivity index (χ1) is 15.1. The van der Waals surface area contributed by atoms with E-state index < -0.39 is 4.92 Å². The molecule has 0 atom stereocenters. The highest BCUT2D eigenvalue weighted by Crippen LogP contribution is 2.24. The van der Waals surface area contributed by atoms with Gasteiger partial charge in [-0.2, -0.15) is 24.4 Å². The number of hydrogen-bond donors (Lipinski definition) is 0. The van der Waals surface area contributed by atoms with Gasteiger partial charge in [0.15, 0.2) is 0 Å². The lowest BCUT2D eigenvalue weighted by molar-refractivity contribution is -0.384. The van der Waals surface area contributed by atoms with Gasteiger partial charge in [-0.05, 0) is 42.0 Å². The van der Waals surface area contributed by atoms with Gasteiger partial charge < -0.3 is 0 Å². The minimum absolute atomic E-state index is 0.0557. The second kappa shape index (κ2) is 7.26. The van der Waals surface area contributed by atoms with Crippen LogP contribution in [-0.4, -0.2) is 34.3 Å². The average molecular weight is 411 g/mol. The molecule has 0 saturated heterocycles. The molecule has 10 nitrogen and oxygen atoms in total. The molecule has 10 heteroatoms. The highest BCUT2D eigenvalue weighted by molar-refractivity contribution is 5.70. The number of rotatable bonds is 4. The van der Waals surface area contributed by atoms with Gasteiger partial charge in [0.1, 0.15) is 12.0 Å². The molecule has 0 aliphatic heterocycles. The number of nitrogens with zero attached hydrogens (tertiary/aromatic N) is 7. The number of benzene rings is 2. The van der Waals surface area contributed by atoms with Crippen molar-refractivity contribution in [2.24, 2.45) is 0 Å². The molecule has 0 radical (unpaired) electrons. The fraction of sp³-hybridized carbons (Fsp3) is 0. The fourth-order valence-corrected chi connectivity index (χ4v) is 3.27. The van der Waals surface area contributed by atoms with Crippen molar-refractivity contribution >= 4 is 11.5 Å². The molecule has 5 rings (SSSR count). The van der Waals surface area contributed by atoms with Crippen LogP contribution in [-0.2, 0) is 0 Å². The number of nitro benzene ring substituents is 1. The summed E-state index contributed by atoms with van der Waals surface area (Å²) in [5.41, 5.74) is 2.11. The zero-order valence-corrected chi connectivity index (χ0v) is 15.9. The largest absolute Gasteiger partial charge is 0.279 e. The second-order valence-electron chi connectivity index (χ2n) is 6.60. The van der Waals surface area contributed by atoms with Gasteiger partial charge in [-0.1, -0.05) is 18.2 Å². The number of fused-ring (bicyclic) bond motifs is 1. The Kier molecular flexibility index (Phi) is 4.29. The molecule has 3 aromatic heterocycles. The lowest BCUT2D eigenvalue weighted by Crippen LogP contribution is -2.23. The maximum absolute atomic E-state index is 13.3. The van der Waals surface area contributed by atoms with Crippen molar-refractivity contribution in [2.45, 2.75) is 0 Å². The minimum atomic E-state index is -0.484. The summed E-state index contributed by atoms with van der Waals surface area (Å²) in [6.45, 7) is 0. The molecule has 150 valence electrons. The van der Waals surface area contributed by atoms with E-state index in [4.69, 9.17) is 0 Å². The lowest BCUT2D eigenvalue weighted by atomic mass is 10.1. The first kappa shape index (κ1) is 18.3. The van der Waals surface area contributed by atoms with Crippen molar-refractivity contribution in [3.8, 4) is 28.2 Å². The Hall–Kier alpha value is -4.73. The first-order valence-corrected chi connectivity index (χ1v) is 9.21. The molecule has 0 N–H and O–H groups in total. The second-order valence-corrected chi connectivity index (χ2v) is 6.60. The molecule has 5 aromatic rings. The highest BCUT2D eigenvalue weighted by Gasteiger charge is 2.16. The average Bonchev–Trinajstić information content (AvgIpc) is 3.29. The van der Waals surface area contributed by atoms with Crippen LogP contribution < -0.4 is 5.56 Å². The molecule has 0 fully saturated rings. The summed E-state index contributed by atoms with van der Waals surface area (Å²) in [4.78, 5) is 32.1. The Morgan fingerprint density at radius 1 is 0.935 bits per heavy atom. The maximum Gasteiger partial charge on any atom is 0.279 e. The molecule has 2 aromatic carbocycles. The summed E-state index contributed by atoms with van der Waals surface area (Å²) in [7, 11) is 0. The molecular weight excluding hydrogens is 398 g/mol. The first-order valence-electron chi connectivity index (χ1n) is 9.21. The summed E-state index contributed by atoms with van der Waals surface area (Å²) < 4.78 is 2.83. The van der Waals surface area contributed by atoms with Crippen molar-refractivity contribution in [1.29, 1.82) is 0 Å². The van der Waals surface area contributed by atoms with Gasteiger partial charge in [-0.3, -0.25) is 14.9 Å². The maximum atomic E-state index is 13.3. The van der Waals surface area contributed by atoms with Gasteiger partial charge in [0, 0.05) is 18.3 Å². The van der Waals surface area contributed by atoms with Gasteiger partial charge in [0.25, 0.3) is 17.0 Å². The predicted octanol–water partition coefficient (Wildman–Crippen LogP) is 2.91. The van der Waals surface area contributed by atoms with E-state index >= 15 is 0 Å². The summed E-state index contributed by atoms with van der Waals surface area (Å²) in [5, 5.41) is 19.7. The monoisotopic (exact) mass is 411 g/mol. The topological polar surface area (TPSA) is 121 Å². The highest BCUT2D eigenvalue weighted by atomic mass is 16.6. The van der Waals surface area contributed by atoms with E-state index in [2.05, 4.69) is 20.2 Å². The Balaban J connectivity index is 1.78. The van der Waals surface area contributed by atoms with Crippen LogP contribution in [0.5, 0.6) is 0 Å². The van der Waals surface area contributed by atoms with E-state index in [1.807, 2.05) is 18.2 Å². The third-order valence-corrected chi connectivity index (χ3v) is 4.74. The number of nitro groups is 1. The number of non-ortho nitro benzene ring substituents is 1. The quantitative estimate of drug-likeness (QED) is 0.329. The van der Waals surface area contributed by atoms with Crippen LogP contribution in [0.15, 0.2) is 84.0 Å². The Labute approximate surface area is 174 Å². The summed E-state index contributed by atoms with van der Waals surface area (Å²) >= 11 is 0. The van der Waals surface area contributed by atoms with Crippen LogP contribution in [0.4, 0.5) is 5.69 Å². The van der Waals surface area contributed by atoms with E-state index in [-0.39, 0.29) is 11.2 Å². The Morgan fingerprint density at radius 3 is 2.45 bits per heavy atom. The number of para-hydroxylation sites is 1. The minimum Gasteiger partial charge on any atom is -0.267 e. The van der Waals surface area contributed by atoms with Crippen LogP contribution in [0.3, 0.4) is 0 Å². The Bertz CT molecular complexity index is 1470. The molecule has 0 amide bonds. The molecule has 3 heterocycles. The molecule has 0 saturated carbocycles. The van der Waals surface area contributed by atoms with Crippen molar-refractivity contribution < 1.29 is 4.92 Å². The molecule has 0 bridgehead atoms. The van der Waals surface area contributed by atoms with E-state index in [0.29, 0.717) is 34.0 Å². The van der Waals surface area contributed by atoms with E-state index in [0.717, 1.165) is 0 Å². The normalized spacial score (nSPS) is 11.0. The van der Waals surface area contributed by atoms with Crippen molar-refractivity contribution in [3.05, 3.63) is 99.7 Å². The summed E-state index contributed by atoms with van der Waals surface area (Å²) in [5.74, 6) is 0.397. The van der Waals surface area contributed by atoms with Crippen molar-refractivity contribution in [3.63, 3.8) is 0 Å². The standard InChI is InChI=1S/C21H13N7O3/c29-20-17(14-6-8-16(9-7-14)28(30)31)12-18(25-26(20)15-4-2-1-3-5-15)19-10-11-22-21-23-13-24-27(19)21/h1-13H. The van der Waals surface area contributed by atoms with Crippen LogP contribution in [0.25, 0.3) is 34.0 Å². The molecule has 0 aliphatic carbocycles. The van der Waals surface area contributed by atoms with Crippen molar-refractivity contribution in [2.75, 3.05) is 0 Å². The van der Waals surface area contributed by atoms with Gasteiger partial charge in [0.2, 0.25) is 0 Å². The number of hydrogen-bond acceptors (Lipinski definition) is 7. The smallest absolute Gasteiger partial charge is 0.267 e. The van der Waals surface area contributed by atoms with Gasteiger partial charge in [-0.15, -0.1) is 0 Å². The Morgan fingerprint density at radius 2 is 1.71 bits per heavy atom. The molecule has 0 unspecified atom stereocenters. The molecule has 31 heavy (non-hydrogen) atoms. The predicted molar refractivity (Wildman–Crippen MR) is 112 cm³/mol. The van der Waals surface area contributed by atoms with E-state index in [1.54, 1.807) is 42.6 Å². The third kappa shape index (κ3) is 3.21. The van der Waals surface area contributed by atoms with E-state index in [1.165, 1.54) is 27.7 Å². The van der Waals surface area contributed by atoms with Crippen LogP contribution in [0.1, 0.15) is 0 Å². The lowest BCUT2D eigenvalue weighted by Gasteiger charge is -2.11. The SMILES string of the molecule is O=c1c(-c2ccc([N+](=O)[O-])cc2)cc(-c2ccnc3ncnn23)nn1-c1ccccc1. The van der Waals surface area contributed by atoms with Gasteiger partial charge in [-0.25, -0.2) is 4.98 Å². The van der Waals surface area contributed by atoms with Gasteiger partial charge in [0.05, 0.1) is 21.9 Å². The molecule has 0 spiro atoms. The van der Waals surface area contributed by atoms with Gasteiger partial charge >= 0.3 is 0 Å². The van der Waals surface area contributed by atoms with Crippen molar-refractivity contribution in [1.82, 2.24) is 29.4 Å². The van der Waals surface area contributed by atoms with Crippen LogP contribution >= 0.6 is 0 Å². The molecular formula is C21H13N7O3. The van der Waals surface area contributed by atoms with Crippen LogP contribution in [0.2, 0.25) is 0 Å². The molecule has 0 aliphatic rings. The summed E-state index contributed by atoms with van der Waals surface area (Å²) in [6.07, 6.45) is 2.97. The zero-order valence-electron chi connectivity index (χ0n) is 15.9. The zero-order chi connectivity index (χ0) is 21.4. The van der Waals surface area contributed by atoms with E-state index in [9.17, 15) is 14.9 Å². The fourth-order valence-electron chi connectivity index (χ4n) is 3.27. The third-order valence-electron chi connectivity index (χ3n) is 4.74. The van der Waals surface area contributed by atoms with Crippen LogP contribution in [0, 0.1) is 10.1 Å².